The molecule has 1 atom stereocenters. The van der Waals surface area contributed by atoms with E-state index in [2.05, 4.69) is 5.32 Å². The number of aliphatic hydroxyl groups excluding tert-OH is 1. The molecule has 1 aliphatic heterocycles. The van der Waals surface area contributed by atoms with Gasteiger partial charge in [-0.1, -0.05) is 12.1 Å². The first-order valence-electron chi connectivity index (χ1n) is 5.71. The van der Waals surface area contributed by atoms with E-state index < -0.39 is 15.8 Å². The van der Waals surface area contributed by atoms with Gasteiger partial charge in [0.2, 0.25) is 5.91 Å². The molecule has 1 unspecified atom stereocenters. The van der Waals surface area contributed by atoms with Crippen LogP contribution in [0.3, 0.4) is 0 Å². The Hall–Kier alpha value is -1.40. The fourth-order valence-corrected chi connectivity index (χ4v) is 3.73. The summed E-state index contributed by atoms with van der Waals surface area (Å²) in [7, 11) is -3.05. The molecule has 5 nitrogen and oxygen atoms in total. The SMILES string of the molecule is O=C(Nc1cccc(CO)c1)C1CCS(=O)(=O)C1. The van der Waals surface area contributed by atoms with Crippen molar-refractivity contribution in [2.45, 2.75) is 13.0 Å². The Morgan fingerprint density at radius 1 is 1.44 bits per heavy atom. The number of hydrogen-bond donors (Lipinski definition) is 2. The molecule has 98 valence electrons. The van der Waals surface area contributed by atoms with E-state index in [0.29, 0.717) is 17.7 Å². The standard InChI is InChI=1S/C12H15NO4S/c14-7-9-2-1-3-11(6-9)13-12(15)10-4-5-18(16,17)8-10/h1-3,6,10,14H,4-5,7-8H2,(H,13,15). The van der Waals surface area contributed by atoms with Crippen LogP contribution in [0.1, 0.15) is 12.0 Å². The van der Waals surface area contributed by atoms with Crippen LogP contribution in [0.4, 0.5) is 5.69 Å². The van der Waals surface area contributed by atoms with E-state index in [-0.39, 0.29) is 24.0 Å². The van der Waals surface area contributed by atoms with Gasteiger partial charge in [0.1, 0.15) is 0 Å². The first-order chi connectivity index (χ1) is 8.50. The number of aliphatic hydroxyl groups is 1. The highest BCUT2D eigenvalue weighted by molar-refractivity contribution is 7.91. The zero-order valence-corrected chi connectivity index (χ0v) is 10.6. The van der Waals surface area contributed by atoms with Gasteiger partial charge in [-0.2, -0.15) is 0 Å². The van der Waals surface area contributed by atoms with Crippen LogP contribution in [-0.4, -0.2) is 30.9 Å². The molecule has 2 N–H and O–H groups in total. The molecule has 0 aromatic heterocycles. The summed E-state index contributed by atoms with van der Waals surface area (Å²) in [5.41, 5.74) is 1.28. The van der Waals surface area contributed by atoms with Crippen LogP contribution in [0.15, 0.2) is 24.3 Å². The van der Waals surface area contributed by atoms with Gasteiger partial charge < -0.3 is 10.4 Å². The monoisotopic (exact) mass is 269 g/mol. The fraction of sp³-hybridized carbons (Fsp3) is 0.417. The van der Waals surface area contributed by atoms with Gasteiger partial charge in [0.15, 0.2) is 9.84 Å². The molecule has 2 rings (SSSR count). The maximum absolute atomic E-state index is 11.9. The maximum Gasteiger partial charge on any atom is 0.228 e. The minimum Gasteiger partial charge on any atom is -0.392 e. The van der Waals surface area contributed by atoms with Gasteiger partial charge in [0, 0.05) is 5.69 Å². The van der Waals surface area contributed by atoms with E-state index in [1.807, 2.05) is 0 Å². The number of rotatable bonds is 3. The van der Waals surface area contributed by atoms with Crippen LogP contribution in [-0.2, 0) is 21.2 Å². The maximum atomic E-state index is 11.9. The topological polar surface area (TPSA) is 83.5 Å². The van der Waals surface area contributed by atoms with E-state index in [1.165, 1.54) is 0 Å². The number of hydrogen-bond acceptors (Lipinski definition) is 4. The average molecular weight is 269 g/mol. The largest absolute Gasteiger partial charge is 0.392 e. The van der Waals surface area contributed by atoms with E-state index >= 15 is 0 Å². The molecule has 1 aliphatic rings. The second-order valence-electron chi connectivity index (χ2n) is 4.45. The molecule has 0 saturated carbocycles. The van der Waals surface area contributed by atoms with Crippen LogP contribution in [0.25, 0.3) is 0 Å². The normalized spacial score (nSPS) is 21.7. The zero-order chi connectivity index (χ0) is 13.2. The number of amides is 1. The Morgan fingerprint density at radius 2 is 2.22 bits per heavy atom. The van der Waals surface area contributed by atoms with E-state index in [1.54, 1.807) is 24.3 Å². The third-order valence-electron chi connectivity index (χ3n) is 2.98. The van der Waals surface area contributed by atoms with Crippen molar-refractivity contribution in [3.8, 4) is 0 Å². The van der Waals surface area contributed by atoms with Crippen LogP contribution >= 0.6 is 0 Å². The van der Waals surface area contributed by atoms with Crippen molar-refractivity contribution in [3.63, 3.8) is 0 Å². The lowest BCUT2D eigenvalue weighted by Gasteiger charge is -2.10. The molecule has 1 amide bonds. The summed E-state index contributed by atoms with van der Waals surface area (Å²) in [6, 6.07) is 6.85. The highest BCUT2D eigenvalue weighted by Crippen LogP contribution is 2.20. The number of nitrogens with one attached hydrogen (secondary N) is 1. The highest BCUT2D eigenvalue weighted by Gasteiger charge is 2.32. The first kappa shape index (κ1) is 13.0. The van der Waals surface area contributed by atoms with Crippen LogP contribution in [0.5, 0.6) is 0 Å². The Bertz CT molecular complexity index is 553. The molecule has 0 spiro atoms. The second-order valence-corrected chi connectivity index (χ2v) is 6.68. The predicted octanol–water partition coefficient (Wildman–Crippen LogP) is 0.552. The molecule has 1 aromatic carbocycles. The highest BCUT2D eigenvalue weighted by atomic mass is 32.2. The van der Waals surface area contributed by atoms with Crippen molar-refractivity contribution in [1.82, 2.24) is 0 Å². The molecule has 1 heterocycles. The van der Waals surface area contributed by atoms with Crippen molar-refractivity contribution in [3.05, 3.63) is 29.8 Å². The number of carbonyl (C=O) groups excluding carboxylic acids is 1. The molecule has 1 aromatic rings. The minimum absolute atomic E-state index is 0.0709. The molecule has 1 saturated heterocycles. The third-order valence-corrected chi connectivity index (χ3v) is 4.75. The average Bonchev–Trinajstić information content (AvgIpc) is 2.70. The molecule has 0 bridgehead atoms. The molecule has 0 aliphatic carbocycles. The lowest BCUT2D eigenvalue weighted by Crippen LogP contribution is -2.23. The van der Waals surface area contributed by atoms with Gasteiger partial charge in [0.25, 0.3) is 0 Å². The van der Waals surface area contributed by atoms with Crippen molar-refractivity contribution in [1.29, 1.82) is 0 Å². The van der Waals surface area contributed by atoms with Crippen LogP contribution < -0.4 is 5.32 Å². The van der Waals surface area contributed by atoms with Crippen molar-refractivity contribution >= 4 is 21.4 Å². The lowest BCUT2D eigenvalue weighted by atomic mass is 10.1. The summed E-state index contributed by atoms with van der Waals surface area (Å²) in [6.45, 7) is -0.0957. The van der Waals surface area contributed by atoms with Gasteiger partial charge in [-0.3, -0.25) is 4.79 Å². The summed E-state index contributed by atoms with van der Waals surface area (Å²) in [6.07, 6.45) is 0.383. The van der Waals surface area contributed by atoms with E-state index in [9.17, 15) is 13.2 Å². The zero-order valence-electron chi connectivity index (χ0n) is 9.80. The molecule has 18 heavy (non-hydrogen) atoms. The van der Waals surface area contributed by atoms with Crippen molar-refractivity contribution in [2.75, 3.05) is 16.8 Å². The summed E-state index contributed by atoms with van der Waals surface area (Å²) in [5.74, 6) is -0.723. The predicted molar refractivity (Wildman–Crippen MR) is 67.8 cm³/mol. The summed E-state index contributed by atoms with van der Waals surface area (Å²) < 4.78 is 22.6. The summed E-state index contributed by atoms with van der Waals surface area (Å²) in [4.78, 5) is 11.9. The number of benzene rings is 1. The van der Waals surface area contributed by atoms with Crippen LogP contribution in [0, 0.1) is 5.92 Å². The molecular weight excluding hydrogens is 254 g/mol. The lowest BCUT2D eigenvalue weighted by molar-refractivity contribution is -0.119. The molecule has 0 radical (unpaired) electrons. The van der Waals surface area contributed by atoms with E-state index in [0.717, 1.165) is 0 Å². The number of anilines is 1. The van der Waals surface area contributed by atoms with Crippen molar-refractivity contribution < 1.29 is 18.3 Å². The summed E-state index contributed by atoms with van der Waals surface area (Å²) in [5, 5.41) is 11.7. The van der Waals surface area contributed by atoms with Crippen molar-refractivity contribution in [2.24, 2.45) is 5.92 Å². The molecule has 1 fully saturated rings. The minimum atomic E-state index is -3.05. The Balaban J connectivity index is 2.03. The van der Waals surface area contributed by atoms with Gasteiger partial charge in [-0.05, 0) is 24.1 Å². The Morgan fingerprint density at radius 3 is 2.83 bits per heavy atom. The Labute approximate surface area is 106 Å². The Kier molecular flexibility index (Phi) is 3.68. The quantitative estimate of drug-likeness (QED) is 0.839. The van der Waals surface area contributed by atoms with E-state index in [4.69, 9.17) is 5.11 Å². The van der Waals surface area contributed by atoms with Gasteiger partial charge in [-0.15, -0.1) is 0 Å². The number of carbonyl (C=O) groups is 1. The van der Waals surface area contributed by atoms with Gasteiger partial charge >= 0.3 is 0 Å². The fourth-order valence-electron chi connectivity index (χ4n) is 1.99. The second kappa shape index (κ2) is 5.07. The summed E-state index contributed by atoms with van der Waals surface area (Å²) >= 11 is 0. The molecule has 6 heteroatoms. The first-order valence-corrected chi connectivity index (χ1v) is 7.53. The van der Waals surface area contributed by atoms with Gasteiger partial charge in [0.05, 0.1) is 24.0 Å². The molecular formula is C12H15NO4S. The smallest absolute Gasteiger partial charge is 0.228 e. The van der Waals surface area contributed by atoms with Crippen LogP contribution in [0.2, 0.25) is 0 Å². The van der Waals surface area contributed by atoms with Gasteiger partial charge in [-0.25, -0.2) is 8.42 Å². The number of sulfone groups is 1. The third kappa shape index (κ3) is 3.08.